The van der Waals surface area contributed by atoms with Gasteiger partial charge in [-0.1, -0.05) is 12.1 Å². The number of hydrogen-bond donors (Lipinski definition) is 0. The number of hydrogen-bond acceptors (Lipinski definition) is 4. The van der Waals surface area contributed by atoms with Crippen LogP contribution in [-0.4, -0.2) is 55.5 Å². The SMILES string of the molecule is O=C(C(=O)N1CCCN(S(=O)(=O)c2ccc(F)cc2)CC1)c1ccc2c(c1)CCC2. The van der Waals surface area contributed by atoms with E-state index >= 15 is 0 Å². The van der Waals surface area contributed by atoms with E-state index in [1.54, 1.807) is 6.07 Å². The summed E-state index contributed by atoms with van der Waals surface area (Å²) in [7, 11) is -3.79. The van der Waals surface area contributed by atoms with E-state index in [2.05, 4.69) is 0 Å². The van der Waals surface area contributed by atoms with Crippen LogP contribution < -0.4 is 0 Å². The summed E-state index contributed by atoms with van der Waals surface area (Å²) in [6.45, 7) is 0.764. The number of amides is 1. The number of carbonyl (C=O) groups excluding carboxylic acids is 2. The van der Waals surface area contributed by atoms with Gasteiger partial charge in [0.25, 0.3) is 5.91 Å². The molecule has 2 aromatic rings. The zero-order valence-electron chi connectivity index (χ0n) is 16.5. The molecule has 1 amide bonds. The lowest BCUT2D eigenvalue weighted by atomic mass is 10.0. The van der Waals surface area contributed by atoms with Crippen LogP contribution in [0.5, 0.6) is 0 Å². The van der Waals surface area contributed by atoms with Crippen LogP contribution in [0, 0.1) is 5.82 Å². The molecule has 2 aliphatic rings. The van der Waals surface area contributed by atoms with Gasteiger partial charge in [-0.2, -0.15) is 4.31 Å². The number of sulfonamides is 1. The molecule has 1 heterocycles. The fourth-order valence-corrected chi connectivity index (χ4v) is 5.54. The first-order valence-corrected chi connectivity index (χ1v) is 11.5. The summed E-state index contributed by atoms with van der Waals surface area (Å²) in [5.74, 6) is -1.67. The van der Waals surface area contributed by atoms with Crippen LogP contribution in [0.25, 0.3) is 0 Å². The first-order valence-electron chi connectivity index (χ1n) is 10.1. The van der Waals surface area contributed by atoms with Gasteiger partial charge in [-0.25, -0.2) is 12.8 Å². The van der Waals surface area contributed by atoms with Crippen molar-refractivity contribution < 1.29 is 22.4 Å². The molecule has 0 unspecified atom stereocenters. The molecule has 0 spiro atoms. The largest absolute Gasteiger partial charge is 0.334 e. The first-order chi connectivity index (χ1) is 14.4. The zero-order valence-corrected chi connectivity index (χ0v) is 17.3. The molecule has 1 fully saturated rings. The van der Waals surface area contributed by atoms with Crippen LogP contribution >= 0.6 is 0 Å². The average Bonchev–Trinajstić information content (AvgIpc) is 3.07. The minimum Gasteiger partial charge on any atom is -0.334 e. The van der Waals surface area contributed by atoms with Gasteiger partial charge in [-0.3, -0.25) is 9.59 Å². The monoisotopic (exact) mass is 430 g/mol. The molecule has 1 aliphatic heterocycles. The highest BCUT2D eigenvalue weighted by atomic mass is 32.2. The van der Waals surface area contributed by atoms with Gasteiger partial charge in [0.2, 0.25) is 15.8 Å². The second kappa shape index (κ2) is 8.28. The number of ketones is 1. The molecule has 1 aliphatic carbocycles. The van der Waals surface area contributed by atoms with E-state index in [1.165, 1.54) is 26.9 Å². The number of fused-ring (bicyclic) bond motifs is 1. The molecule has 0 saturated carbocycles. The minimum atomic E-state index is -3.79. The molecule has 8 heteroatoms. The predicted octanol–water partition coefficient (Wildman–Crippen LogP) is 2.42. The Morgan fingerprint density at radius 2 is 1.57 bits per heavy atom. The smallest absolute Gasteiger partial charge is 0.295 e. The molecule has 4 rings (SSSR count). The van der Waals surface area contributed by atoms with Gasteiger partial charge < -0.3 is 4.90 Å². The molecule has 1 saturated heterocycles. The average molecular weight is 431 g/mol. The van der Waals surface area contributed by atoms with E-state index in [0.29, 0.717) is 18.5 Å². The summed E-state index contributed by atoms with van der Waals surface area (Å²) >= 11 is 0. The Labute approximate surface area is 175 Å². The molecular formula is C22H23FN2O4S. The highest BCUT2D eigenvalue weighted by Crippen LogP contribution is 2.24. The number of nitrogens with zero attached hydrogens (tertiary/aromatic N) is 2. The molecule has 0 N–H and O–H groups in total. The van der Waals surface area contributed by atoms with Gasteiger partial charge in [0.1, 0.15) is 5.82 Å². The summed E-state index contributed by atoms with van der Waals surface area (Å²) in [6, 6.07) is 10.1. The lowest BCUT2D eigenvalue weighted by Gasteiger charge is -2.21. The van der Waals surface area contributed by atoms with Crippen LogP contribution in [0.2, 0.25) is 0 Å². The van der Waals surface area contributed by atoms with E-state index in [1.807, 2.05) is 12.1 Å². The fourth-order valence-electron chi connectivity index (χ4n) is 4.07. The second-order valence-corrected chi connectivity index (χ2v) is 9.61. The Bertz CT molecular complexity index is 1080. The number of rotatable bonds is 4. The number of halogens is 1. The third-order valence-electron chi connectivity index (χ3n) is 5.75. The molecule has 0 atom stereocenters. The van der Waals surface area contributed by atoms with Crippen molar-refractivity contribution in [1.29, 1.82) is 0 Å². The van der Waals surface area contributed by atoms with Crippen LogP contribution in [0.15, 0.2) is 47.4 Å². The maximum atomic E-state index is 13.1. The van der Waals surface area contributed by atoms with Crippen molar-refractivity contribution in [3.63, 3.8) is 0 Å². The molecule has 0 aromatic heterocycles. The van der Waals surface area contributed by atoms with Crippen molar-refractivity contribution in [3.8, 4) is 0 Å². The highest BCUT2D eigenvalue weighted by molar-refractivity contribution is 7.89. The highest BCUT2D eigenvalue weighted by Gasteiger charge is 2.30. The molecule has 30 heavy (non-hydrogen) atoms. The van der Waals surface area contributed by atoms with E-state index in [9.17, 15) is 22.4 Å². The standard InChI is InChI=1S/C22H23FN2O4S/c23-19-7-9-20(10-8-19)30(28,29)25-12-2-11-24(13-14-25)22(27)21(26)18-6-5-16-3-1-4-17(16)15-18/h5-10,15H,1-4,11-14H2. The van der Waals surface area contributed by atoms with E-state index in [4.69, 9.17) is 0 Å². The van der Waals surface area contributed by atoms with E-state index in [-0.39, 0.29) is 24.5 Å². The van der Waals surface area contributed by atoms with Crippen molar-refractivity contribution in [3.05, 3.63) is 65.0 Å². The quantitative estimate of drug-likeness (QED) is 0.552. The fraction of sp³-hybridized carbons (Fsp3) is 0.364. The predicted molar refractivity (Wildman–Crippen MR) is 109 cm³/mol. The van der Waals surface area contributed by atoms with Gasteiger partial charge >= 0.3 is 0 Å². The van der Waals surface area contributed by atoms with Gasteiger partial charge in [-0.05, 0) is 67.1 Å². The third-order valence-corrected chi connectivity index (χ3v) is 7.66. The van der Waals surface area contributed by atoms with Crippen molar-refractivity contribution in [1.82, 2.24) is 9.21 Å². The zero-order chi connectivity index (χ0) is 21.3. The van der Waals surface area contributed by atoms with Crippen molar-refractivity contribution in [2.45, 2.75) is 30.6 Å². The summed E-state index contributed by atoms with van der Waals surface area (Å²) in [4.78, 5) is 26.9. The third kappa shape index (κ3) is 4.02. The normalized spacial score (nSPS) is 17.4. The Morgan fingerprint density at radius 1 is 0.833 bits per heavy atom. The van der Waals surface area contributed by atoms with Crippen LogP contribution in [0.1, 0.15) is 34.3 Å². The molecule has 0 bridgehead atoms. The van der Waals surface area contributed by atoms with Crippen LogP contribution in [0.4, 0.5) is 4.39 Å². The number of aryl methyl sites for hydroxylation is 2. The topological polar surface area (TPSA) is 74.8 Å². The second-order valence-electron chi connectivity index (χ2n) is 7.67. The molecule has 158 valence electrons. The Kier molecular flexibility index (Phi) is 5.71. The van der Waals surface area contributed by atoms with E-state index in [0.717, 1.165) is 37.0 Å². The van der Waals surface area contributed by atoms with Crippen molar-refractivity contribution in [2.24, 2.45) is 0 Å². The van der Waals surface area contributed by atoms with E-state index < -0.39 is 27.5 Å². The number of carbonyl (C=O) groups is 2. The van der Waals surface area contributed by atoms with Crippen molar-refractivity contribution in [2.75, 3.05) is 26.2 Å². The molecule has 2 aromatic carbocycles. The summed E-state index contributed by atoms with van der Waals surface area (Å²) in [5, 5.41) is 0. The first kappa shape index (κ1) is 20.7. The molecular weight excluding hydrogens is 407 g/mol. The lowest BCUT2D eigenvalue weighted by Crippen LogP contribution is -2.40. The number of Topliss-reactive ketones (excluding diaryl/α,β-unsaturated/α-hetero) is 1. The summed E-state index contributed by atoms with van der Waals surface area (Å²) in [5.41, 5.74) is 2.75. The van der Waals surface area contributed by atoms with Crippen molar-refractivity contribution >= 4 is 21.7 Å². The summed E-state index contributed by atoms with van der Waals surface area (Å²) < 4.78 is 40.1. The van der Waals surface area contributed by atoms with Gasteiger partial charge in [0.15, 0.2) is 0 Å². The lowest BCUT2D eigenvalue weighted by molar-refractivity contribution is -0.126. The Balaban J connectivity index is 1.45. The van der Waals surface area contributed by atoms with Gasteiger partial charge in [-0.15, -0.1) is 0 Å². The summed E-state index contributed by atoms with van der Waals surface area (Å²) in [6.07, 6.45) is 3.40. The molecule has 6 nitrogen and oxygen atoms in total. The van der Waals surface area contributed by atoms with Crippen LogP contribution in [0.3, 0.4) is 0 Å². The van der Waals surface area contributed by atoms with Gasteiger partial charge in [0.05, 0.1) is 4.90 Å². The molecule has 0 radical (unpaired) electrons. The Hall–Kier alpha value is -2.58. The Morgan fingerprint density at radius 3 is 2.33 bits per heavy atom. The minimum absolute atomic E-state index is 0.0119. The van der Waals surface area contributed by atoms with Crippen LogP contribution in [-0.2, 0) is 27.7 Å². The maximum Gasteiger partial charge on any atom is 0.295 e. The van der Waals surface area contributed by atoms with Gasteiger partial charge in [0, 0.05) is 31.7 Å². The number of benzene rings is 2. The maximum absolute atomic E-state index is 13.1.